The zero-order valence-corrected chi connectivity index (χ0v) is 10.4. The molecule has 2 fully saturated rings. The SMILES string of the molecule is O=C([C@H]1CCOC1)N1CCC[C@@H](n2cncn2)C1. The molecule has 18 heavy (non-hydrogen) atoms. The zero-order valence-electron chi connectivity index (χ0n) is 10.4. The molecule has 2 saturated heterocycles. The third-order valence-corrected chi connectivity index (χ3v) is 3.80. The summed E-state index contributed by atoms with van der Waals surface area (Å²) in [4.78, 5) is 18.3. The number of amides is 1. The van der Waals surface area contributed by atoms with Crippen molar-refractivity contribution in [2.24, 2.45) is 5.92 Å². The Morgan fingerprint density at radius 3 is 3.06 bits per heavy atom. The van der Waals surface area contributed by atoms with E-state index in [1.165, 1.54) is 0 Å². The summed E-state index contributed by atoms with van der Waals surface area (Å²) in [5.41, 5.74) is 0. The average Bonchev–Trinajstić information content (AvgIpc) is 3.11. The second kappa shape index (κ2) is 5.06. The molecule has 6 nitrogen and oxygen atoms in total. The van der Waals surface area contributed by atoms with Gasteiger partial charge in [-0.1, -0.05) is 0 Å². The topological polar surface area (TPSA) is 60.2 Å². The van der Waals surface area contributed by atoms with Crippen LogP contribution in [-0.2, 0) is 9.53 Å². The minimum Gasteiger partial charge on any atom is -0.381 e. The van der Waals surface area contributed by atoms with Crippen LogP contribution in [0.3, 0.4) is 0 Å². The predicted octanol–water partition coefficient (Wildman–Crippen LogP) is 0.478. The van der Waals surface area contributed by atoms with Gasteiger partial charge in [-0.3, -0.25) is 4.79 Å². The highest BCUT2D eigenvalue weighted by Gasteiger charge is 2.31. The third kappa shape index (κ3) is 2.25. The summed E-state index contributed by atoms with van der Waals surface area (Å²) in [6, 6.07) is 0.271. The minimum atomic E-state index is 0.0690. The van der Waals surface area contributed by atoms with Crippen LogP contribution in [0.25, 0.3) is 0 Å². The number of aromatic nitrogens is 3. The van der Waals surface area contributed by atoms with Crippen LogP contribution in [0.4, 0.5) is 0 Å². The number of likely N-dealkylation sites (tertiary alicyclic amines) is 1. The van der Waals surface area contributed by atoms with E-state index in [1.807, 2.05) is 9.58 Å². The van der Waals surface area contributed by atoms with Gasteiger partial charge in [0.25, 0.3) is 0 Å². The van der Waals surface area contributed by atoms with Crippen molar-refractivity contribution >= 4 is 5.91 Å². The Labute approximate surface area is 106 Å². The highest BCUT2D eigenvalue weighted by Crippen LogP contribution is 2.23. The molecule has 0 aliphatic carbocycles. The first-order valence-electron chi connectivity index (χ1n) is 6.55. The molecular weight excluding hydrogens is 232 g/mol. The summed E-state index contributed by atoms with van der Waals surface area (Å²) >= 11 is 0. The first kappa shape index (κ1) is 11.6. The summed E-state index contributed by atoms with van der Waals surface area (Å²) in [5, 5.41) is 4.17. The molecule has 0 aromatic carbocycles. The van der Waals surface area contributed by atoms with Gasteiger partial charge in [-0.25, -0.2) is 9.67 Å². The van der Waals surface area contributed by atoms with Gasteiger partial charge in [0.15, 0.2) is 0 Å². The maximum Gasteiger partial charge on any atom is 0.228 e. The predicted molar refractivity (Wildman–Crippen MR) is 63.8 cm³/mol. The monoisotopic (exact) mass is 250 g/mol. The fourth-order valence-corrected chi connectivity index (χ4v) is 2.76. The van der Waals surface area contributed by atoms with E-state index >= 15 is 0 Å². The number of hydrogen-bond acceptors (Lipinski definition) is 4. The van der Waals surface area contributed by atoms with Crippen molar-refractivity contribution in [2.75, 3.05) is 26.3 Å². The van der Waals surface area contributed by atoms with Gasteiger partial charge in [0, 0.05) is 19.7 Å². The minimum absolute atomic E-state index is 0.0690. The molecule has 1 aromatic heterocycles. The lowest BCUT2D eigenvalue weighted by molar-refractivity contribution is -0.137. The number of ether oxygens (including phenoxy) is 1. The largest absolute Gasteiger partial charge is 0.381 e. The van der Waals surface area contributed by atoms with Gasteiger partial charge >= 0.3 is 0 Å². The quantitative estimate of drug-likeness (QED) is 0.766. The summed E-state index contributed by atoms with van der Waals surface area (Å²) in [7, 11) is 0. The van der Waals surface area contributed by atoms with Crippen molar-refractivity contribution in [3.8, 4) is 0 Å². The molecular formula is C12H18N4O2. The van der Waals surface area contributed by atoms with E-state index < -0.39 is 0 Å². The average molecular weight is 250 g/mol. The first-order chi connectivity index (χ1) is 8.84. The maximum atomic E-state index is 12.3. The molecule has 2 aliphatic rings. The third-order valence-electron chi connectivity index (χ3n) is 3.80. The number of piperidine rings is 1. The van der Waals surface area contributed by atoms with Crippen LogP contribution in [0.5, 0.6) is 0 Å². The molecule has 0 unspecified atom stereocenters. The highest BCUT2D eigenvalue weighted by molar-refractivity contribution is 5.79. The maximum absolute atomic E-state index is 12.3. The van der Waals surface area contributed by atoms with E-state index in [0.717, 1.165) is 39.0 Å². The van der Waals surface area contributed by atoms with Crippen LogP contribution >= 0.6 is 0 Å². The number of carbonyl (C=O) groups excluding carboxylic acids is 1. The first-order valence-corrected chi connectivity index (χ1v) is 6.55. The summed E-state index contributed by atoms with van der Waals surface area (Å²) in [5.74, 6) is 0.316. The molecule has 1 amide bonds. The van der Waals surface area contributed by atoms with Gasteiger partial charge in [0.05, 0.1) is 18.6 Å². The number of hydrogen-bond donors (Lipinski definition) is 0. The van der Waals surface area contributed by atoms with E-state index in [2.05, 4.69) is 10.1 Å². The van der Waals surface area contributed by atoms with Crippen LogP contribution in [0.1, 0.15) is 25.3 Å². The van der Waals surface area contributed by atoms with Gasteiger partial charge in [-0.2, -0.15) is 5.10 Å². The Kier molecular flexibility index (Phi) is 3.27. The van der Waals surface area contributed by atoms with Crippen molar-refractivity contribution in [1.82, 2.24) is 19.7 Å². The Bertz CT molecular complexity index is 400. The van der Waals surface area contributed by atoms with Crippen molar-refractivity contribution in [3.05, 3.63) is 12.7 Å². The lowest BCUT2D eigenvalue weighted by atomic mass is 10.0. The summed E-state index contributed by atoms with van der Waals surface area (Å²) in [6.45, 7) is 2.92. The number of nitrogens with zero attached hydrogens (tertiary/aromatic N) is 4. The molecule has 6 heteroatoms. The molecule has 0 bridgehead atoms. The molecule has 0 saturated carbocycles. The van der Waals surface area contributed by atoms with Gasteiger partial charge in [-0.15, -0.1) is 0 Å². The van der Waals surface area contributed by atoms with Crippen molar-refractivity contribution in [2.45, 2.75) is 25.3 Å². The molecule has 0 radical (unpaired) electrons. The summed E-state index contributed by atoms with van der Waals surface area (Å²) < 4.78 is 7.16. The fraction of sp³-hybridized carbons (Fsp3) is 0.750. The number of carbonyl (C=O) groups is 1. The molecule has 3 heterocycles. The highest BCUT2D eigenvalue weighted by atomic mass is 16.5. The van der Waals surface area contributed by atoms with Gasteiger partial charge in [0.2, 0.25) is 5.91 Å². The van der Waals surface area contributed by atoms with Crippen LogP contribution in [-0.4, -0.2) is 51.9 Å². The van der Waals surface area contributed by atoms with E-state index in [9.17, 15) is 4.79 Å². The van der Waals surface area contributed by atoms with Crippen LogP contribution in [0.2, 0.25) is 0 Å². The second-order valence-corrected chi connectivity index (χ2v) is 5.02. The smallest absolute Gasteiger partial charge is 0.228 e. The summed E-state index contributed by atoms with van der Waals surface area (Å²) in [6.07, 6.45) is 6.24. The molecule has 1 aromatic rings. The molecule has 3 rings (SSSR count). The second-order valence-electron chi connectivity index (χ2n) is 5.02. The molecule has 2 atom stereocenters. The van der Waals surface area contributed by atoms with Crippen molar-refractivity contribution in [3.63, 3.8) is 0 Å². The lowest BCUT2D eigenvalue weighted by Crippen LogP contribution is -2.43. The Morgan fingerprint density at radius 1 is 1.39 bits per heavy atom. The normalized spacial score (nSPS) is 28.6. The molecule has 0 spiro atoms. The van der Waals surface area contributed by atoms with Crippen LogP contribution < -0.4 is 0 Å². The number of rotatable bonds is 2. The standard InChI is InChI=1S/C12H18N4O2/c17-12(10-3-5-18-7-10)15-4-1-2-11(6-15)16-9-13-8-14-16/h8-11H,1-7H2/t10-,11+/m0/s1. The van der Waals surface area contributed by atoms with Crippen molar-refractivity contribution < 1.29 is 9.53 Å². The van der Waals surface area contributed by atoms with E-state index in [0.29, 0.717) is 6.61 Å². The van der Waals surface area contributed by atoms with Gasteiger partial charge < -0.3 is 9.64 Å². The zero-order chi connectivity index (χ0) is 12.4. The van der Waals surface area contributed by atoms with E-state index in [-0.39, 0.29) is 17.9 Å². The van der Waals surface area contributed by atoms with Crippen LogP contribution in [0, 0.1) is 5.92 Å². The van der Waals surface area contributed by atoms with Crippen molar-refractivity contribution in [1.29, 1.82) is 0 Å². The molecule has 2 aliphatic heterocycles. The molecule has 98 valence electrons. The Balaban J connectivity index is 1.64. The fourth-order valence-electron chi connectivity index (χ4n) is 2.76. The van der Waals surface area contributed by atoms with Gasteiger partial charge in [-0.05, 0) is 19.3 Å². The van der Waals surface area contributed by atoms with E-state index in [4.69, 9.17) is 4.74 Å². The molecule has 0 N–H and O–H groups in total. The lowest BCUT2D eigenvalue weighted by Gasteiger charge is -2.33. The van der Waals surface area contributed by atoms with Crippen LogP contribution in [0.15, 0.2) is 12.7 Å². The Hall–Kier alpha value is -1.43. The Morgan fingerprint density at radius 2 is 2.33 bits per heavy atom. The van der Waals surface area contributed by atoms with E-state index in [1.54, 1.807) is 12.7 Å². The van der Waals surface area contributed by atoms with Gasteiger partial charge in [0.1, 0.15) is 12.7 Å².